The van der Waals surface area contributed by atoms with Crippen LogP contribution in [-0.4, -0.2) is 24.6 Å². The molecule has 4 rings (SSSR count). The van der Waals surface area contributed by atoms with Gasteiger partial charge in [-0.05, 0) is 18.2 Å². The molecule has 0 aromatic carbocycles. The van der Waals surface area contributed by atoms with Crippen molar-refractivity contribution in [1.29, 1.82) is 0 Å². The summed E-state index contributed by atoms with van der Waals surface area (Å²) in [5.41, 5.74) is 3.85. The topological polar surface area (TPSA) is 78.8 Å². The molecule has 0 aliphatic rings. The van der Waals surface area contributed by atoms with Gasteiger partial charge in [0, 0.05) is 23.5 Å². The Morgan fingerprint density at radius 3 is 3.00 bits per heavy atom. The largest absolute Gasteiger partial charge is 0.325 e. The van der Waals surface area contributed by atoms with Crippen molar-refractivity contribution in [3.8, 4) is 11.1 Å². The van der Waals surface area contributed by atoms with Crippen LogP contribution in [0.3, 0.4) is 0 Å². The van der Waals surface area contributed by atoms with Crippen LogP contribution in [0.1, 0.15) is 0 Å². The van der Waals surface area contributed by atoms with Crippen molar-refractivity contribution in [2.45, 2.75) is 0 Å². The monoisotopic (exact) mass is 251 g/mol. The summed E-state index contributed by atoms with van der Waals surface area (Å²) in [4.78, 5) is 21.0. The average molecular weight is 251 g/mol. The zero-order chi connectivity index (χ0) is 12.8. The van der Waals surface area contributed by atoms with Crippen LogP contribution in [0.5, 0.6) is 0 Å². The lowest BCUT2D eigenvalue weighted by molar-refractivity contribution is 0.961. The Morgan fingerprint density at radius 2 is 2.05 bits per heavy atom. The van der Waals surface area contributed by atoms with Crippen molar-refractivity contribution in [1.82, 2.24) is 24.6 Å². The Hall–Kier alpha value is -2.89. The third kappa shape index (κ3) is 1.40. The molecule has 0 aliphatic carbocycles. The highest BCUT2D eigenvalue weighted by molar-refractivity contribution is 5.94. The molecule has 4 aromatic heterocycles. The van der Waals surface area contributed by atoms with Crippen molar-refractivity contribution in [3.63, 3.8) is 0 Å². The number of aromatic nitrogens is 5. The Morgan fingerprint density at radius 1 is 1.11 bits per heavy atom. The van der Waals surface area contributed by atoms with Gasteiger partial charge in [-0.2, -0.15) is 5.10 Å². The van der Waals surface area contributed by atoms with Crippen molar-refractivity contribution < 1.29 is 0 Å². The molecule has 0 radical (unpaired) electrons. The van der Waals surface area contributed by atoms with E-state index in [0.29, 0.717) is 11.2 Å². The van der Waals surface area contributed by atoms with E-state index < -0.39 is 0 Å². The lowest BCUT2D eigenvalue weighted by Gasteiger charge is -2.00. The molecule has 4 heterocycles. The highest BCUT2D eigenvalue weighted by Gasteiger charge is 2.11. The number of hydrogen-bond acceptors (Lipinski definition) is 3. The molecule has 2 N–H and O–H groups in total. The summed E-state index contributed by atoms with van der Waals surface area (Å²) in [6.45, 7) is 0. The first-order chi connectivity index (χ1) is 9.33. The van der Waals surface area contributed by atoms with Gasteiger partial charge in [0.25, 0.3) is 0 Å². The van der Waals surface area contributed by atoms with Crippen LogP contribution in [0.15, 0.2) is 47.7 Å². The van der Waals surface area contributed by atoms with Crippen LogP contribution in [0, 0.1) is 0 Å². The van der Waals surface area contributed by atoms with E-state index in [-0.39, 0.29) is 5.69 Å². The smallest absolute Gasteiger partial charge is 0.304 e. The van der Waals surface area contributed by atoms with Gasteiger partial charge in [-0.1, -0.05) is 6.07 Å². The first-order valence-corrected chi connectivity index (χ1v) is 5.83. The van der Waals surface area contributed by atoms with E-state index in [4.69, 9.17) is 0 Å². The van der Waals surface area contributed by atoms with Gasteiger partial charge in [-0.25, -0.2) is 14.3 Å². The summed E-state index contributed by atoms with van der Waals surface area (Å²) < 4.78 is 1.80. The molecule has 0 spiro atoms. The van der Waals surface area contributed by atoms with E-state index in [0.717, 1.165) is 16.6 Å². The van der Waals surface area contributed by atoms with Gasteiger partial charge in [0.2, 0.25) is 0 Å². The number of rotatable bonds is 1. The summed E-state index contributed by atoms with van der Waals surface area (Å²) in [5, 5.41) is 4.30. The number of aromatic amines is 2. The molecule has 0 saturated heterocycles. The van der Waals surface area contributed by atoms with Crippen LogP contribution in [0.4, 0.5) is 0 Å². The predicted octanol–water partition coefficient (Wildman–Crippen LogP) is 1.57. The Labute approximate surface area is 106 Å². The van der Waals surface area contributed by atoms with Gasteiger partial charge < -0.3 is 4.98 Å². The maximum Gasteiger partial charge on any atom is 0.325 e. The fourth-order valence-corrected chi connectivity index (χ4v) is 2.30. The number of pyridine rings is 2. The molecule has 0 fully saturated rings. The lowest BCUT2D eigenvalue weighted by Crippen LogP contribution is -1.99. The van der Waals surface area contributed by atoms with Crippen LogP contribution < -0.4 is 5.69 Å². The number of H-pyrrole nitrogens is 2. The van der Waals surface area contributed by atoms with Gasteiger partial charge >= 0.3 is 5.69 Å². The second-order valence-electron chi connectivity index (χ2n) is 4.25. The summed E-state index contributed by atoms with van der Waals surface area (Å²) in [5.74, 6) is 0. The summed E-state index contributed by atoms with van der Waals surface area (Å²) in [7, 11) is 0. The molecule has 0 saturated carbocycles. The van der Waals surface area contributed by atoms with Gasteiger partial charge in [0.15, 0.2) is 5.65 Å². The molecule has 92 valence electrons. The first kappa shape index (κ1) is 10.1. The maximum absolute atomic E-state index is 11.4. The number of hydrogen-bond donors (Lipinski definition) is 2. The molecule has 6 heteroatoms. The third-order valence-electron chi connectivity index (χ3n) is 3.14. The van der Waals surface area contributed by atoms with Crippen molar-refractivity contribution in [2.24, 2.45) is 0 Å². The van der Waals surface area contributed by atoms with E-state index in [1.807, 2.05) is 30.5 Å². The van der Waals surface area contributed by atoms with Gasteiger partial charge in [-0.15, -0.1) is 0 Å². The minimum absolute atomic E-state index is 0.258. The standard InChI is InChI=1S/C13H9N5O/c19-13-16-11-8(4-5-14-12(11)17-13)9-7-15-18-6-2-1-3-10(9)18/h1-7H,(H2,14,16,17,19). The maximum atomic E-state index is 11.4. The molecule has 4 aromatic rings. The minimum atomic E-state index is -0.258. The van der Waals surface area contributed by atoms with E-state index in [9.17, 15) is 4.79 Å². The Balaban J connectivity index is 2.12. The Kier molecular flexibility index (Phi) is 1.88. The summed E-state index contributed by atoms with van der Waals surface area (Å²) in [6, 6.07) is 7.73. The molecule has 0 amide bonds. The highest BCUT2D eigenvalue weighted by atomic mass is 16.1. The van der Waals surface area contributed by atoms with E-state index >= 15 is 0 Å². The van der Waals surface area contributed by atoms with Crippen molar-refractivity contribution in [3.05, 3.63) is 53.3 Å². The highest BCUT2D eigenvalue weighted by Crippen LogP contribution is 2.28. The van der Waals surface area contributed by atoms with Gasteiger partial charge in [-0.3, -0.25) is 4.98 Å². The fraction of sp³-hybridized carbons (Fsp3) is 0. The normalized spacial score (nSPS) is 11.4. The SMILES string of the molecule is O=c1[nH]c2nccc(-c3cnn4ccccc34)c2[nH]1. The van der Waals surface area contributed by atoms with Gasteiger partial charge in [0.1, 0.15) is 0 Å². The fourth-order valence-electron chi connectivity index (χ4n) is 2.30. The zero-order valence-corrected chi connectivity index (χ0v) is 9.79. The predicted molar refractivity (Wildman–Crippen MR) is 70.9 cm³/mol. The van der Waals surface area contributed by atoms with Crippen molar-refractivity contribution >= 4 is 16.7 Å². The number of fused-ring (bicyclic) bond motifs is 2. The van der Waals surface area contributed by atoms with Crippen LogP contribution in [0.25, 0.3) is 27.8 Å². The molecular weight excluding hydrogens is 242 g/mol. The average Bonchev–Trinajstić information content (AvgIpc) is 3.00. The molecule has 0 atom stereocenters. The van der Waals surface area contributed by atoms with Crippen LogP contribution >= 0.6 is 0 Å². The van der Waals surface area contributed by atoms with Crippen LogP contribution in [0.2, 0.25) is 0 Å². The first-order valence-electron chi connectivity index (χ1n) is 5.83. The molecule has 0 unspecified atom stereocenters. The van der Waals surface area contributed by atoms with Gasteiger partial charge in [0.05, 0.1) is 17.2 Å². The Bertz CT molecular complexity index is 946. The second-order valence-corrected chi connectivity index (χ2v) is 4.25. The number of imidazole rings is 1. The molecule has 19 heavy (non-hydrogen) atoms. The summed E-state index contributed by atoms with van der Waals surface area (Å²) >= 11 is 0. The number of nitrogens with one attached hydrogen (secondary N) is 2. The lowest BCUT2D eigenvalue weighted by atomic mass is 10.1. The summed E-state index contributed by atoms with van der Waals surface area (Å²) in [6.07, 6.45) is 5.35. The molecule has 0 aliphatic heterocycles. The van der Waals surface area contributed by atoms with E-state index in [1.54, 1.807) is 16.9 Å². The zero-order valence-electron chi connectivity index (χ0n) is 9.79. The number of nitrogens with zero attached hydrogens (tertiary/aromatic N) is 3. The van der Waals surface area contributed by atoms with Crippen LogP contribution in [-0.2, 0) is 0 Å². The molecular formula is C13H9N5O. The van der Waals surface area contributed by atoms with E-state index in [2.05, 4.69) is 20.1 Å². The van der Waals surface area contributed by atoms with Crippen molar-refractivity contribution in [2.75, 3.05) is 0 Å². The quantitative estimate of drug-likeness (QED) is 0.539. The second kappa shape index (κ2) is 3.55. The third-order valence-corrected chi connectivity index (χ3v) is 3.14. The molecule has 6 nitrogen and oxygen atoms in total. The minimum Gasteiger partial charge on any atom is -0.304 e. The van der Waals surface area contributed by atoms with E-state index in [1.165, 1.54) is 0 Å². The molecule has 0 bridgehead atoms.